The third-order valence-electron chi connectivity index (χ3n) is 6.99. The minimum absolute atomic E-state index is 0.0232. The lowest BCUT2D eigenvalue weighted by Crippen LogP contribution is -2.30. The summed E-state index contributed by atoms with van der Waals surface area (Å²) in [6, 6.07) is 24.2. The number of aromatic carboxylic acids is 2. The molecule has 2 amide bonds. The molecular weight excluding hydrogens is 508 g/mol. The number of carboxylic acid groups (broad SMARTS) is 2. The van der Waals surface area contributed by atoms with Crippen molar-refractivity contribution in [1.29, 1.82) is 0 Å². The number of carbonyl (C=O) groups excluding carboxylic acids is 2. The second kappa shape index (κ2) is 12.3. The van der Waals surface area contributed by atoms with Gasteiger partial charge in [-0.1, -0.05) is 74.5 Å². The van der Waals surface area contributed by atoms with E-state index < -0.39 is 23.8 Å². The first-order valence-corrected chi connectivity index (χ1v) is 12.9. The summed E-state index contributed by atoms with van der Waals surface area (Å²) in [5, 5.41) is 25.3. The second-order valence-corrected chi connectivity index (χ2v) is 9.73. The Bertz CT molecular complexity index is 1450. The summed E-state index contributed by atoms with van der Waals surface area (Å²) in [5.74, 6) is -3.87. The molecule has 0 spiro atoms. The van der Waals surface area contributed by atoms with Crippen molar-refractivity contribution in [1.82, 2.24) is 10.6 Å². The van der Waals surface area contributed by atoms with Crippen LogP contribution in [0, 0.1) is 0 Å². The van der Waals surface area contributed by atoms with Gasteiger partial charge in [-0.25, -0.2) is 9.59 Å². The first kappa shape index (κ1) is 28.0. The molecule has 0 aliphatic rings. The van der Waals surface area contributed by atoms with Gasteiger partial charge >= 0.3 is 11.9 Å². The van der Waals surface area contributed by atoms with Gasteiger partial charge in [0, 0.05) is 35.0 Å². The highest BCUT2D eigenvalue weighted by Crippen LogP contribution is 2.31. The molecule has 0 saturated heterocycles. The van der Waals surface area contributed by atoms with Crippen LogP contribution in [-0.2, 0) is 0 Å². The summed E-state index contributed by atoms with van der Waals surface area (Å²) >= 11 is 0. The standard InChI is InChI=1S/C32H30N2O6/c1-19(21-9-5-3-6-10-21)17-33-29(35)23-13-14-24(30(36)34-18-20(2)22-11-7-4-8-12-22)28-26(32(39)40)16-15-25(27(23)28)31(37)38/h3-16,19-20H,17-18H2,1-2H3,(H,33,35)(H,34,36)(H,37,38)(H,39,40). The average molecular weight is 539 g/mol. The SMILES string of the molecule is CC(CNC(=O)c1ccc(C(=O)NCC(C)c2ccccc2)c2c(C(=O)O)ccc(C(=O)O)c12)c1ccccc1. The van der Waals surface area contributed by atoms with E-state index in [4.69, 9.17) is 0 Å². The molecule has 204 valence electrons. The fourth-order valence-corrected chi connectivity index (χ4v) is 4.71. The Labute approximate surface area is 231 Å². The number of hydrogen-bond donors (Lipinski definition) is 4. The molecule has 0 bridgehead atoms. The number of carboxylic acids is 2. The highest BCUT2D eigenvalue weighted by Gasteiger charge is 2.26. The van der Waals surface area contributed by atoms with Crippen molar-refractivity contribution in [3.63, 3.8) is 0 Å². The van der Waals surface area contributed by atoms with Gasteiger partial charge in [0.2, 0.25) is 0 Å². The minimum Gasteiger partial charge on any atom is -0.478 e. The summed E-state index contributed by atoms with van der Waals surface area (Å²) < 4.78 is 0. The van der Waals surface area contributed by atoms with Crippen LogP contribution in [-0.4, -0.2) is 47.1 Å². The lowest BCUT2D eigenvalue weighted by atomic mass is 9.90. The first-order chi connectivity index (χ1) is 19.2. The molecule has 4 N–H and O–H groups in total. The van der Waals surface area contributed by atoms with Crippen LogP contribution < -0.4 is 10.6 Å². The second-order valence-electron chi connectivity index (χ2n) is 9.73. The van der Waals surface area contributed by atoms with Crippen LogP contribution in [0.1, 0.15) is 78.2 Å². The van der Waals surface area contributed by atoms with Crippen LogP contribution in [0.4, 0.5) is 0 Å². The largest absolute Gasteiger partial charge is 0.478 e. The molecule has 2 atom stereocenters. The van der Waals surface area contributed by atoms with Crippen molar-refractivity contribution < 1.29 is 29.4 Å². The minimum atomic E-state index is -1.34. The van der Waals surface area contributed by atoms with Crippen molar-refractivity contribution in [3.8, 4) is 0 Å². The van der Waals surface area contributed by atoms with Crippen molar-refractivity contribution >= 4 is 34.5 Å². The molecule has 8 nitrogen and oxygen atoms in total. The maximum absolute atomic E-state index is 13.4. The molecule has 4 aromatic carbocycles. The molecule has 4 rings (SSSR count). The predicted molar refractivity (Wildman–Crippen MR) is 152 cm³/mol. The Morgan fingerprint density at radius 2 is 0.875 bits per heavy atom. The quantitative estimate of drug-likeness (QED) is 0.217. The van der Waals surface area contributed by atoms with E-state index >= 15 is 0 Å². The number of hydrogen-bond acceptors (Lipinski definition) is 4. The lowest BCUT2D eigenvalue weighted by Gasteiger charge is -2.18. The number of nitrogens with one attached hydrogen (secondary N) is 2. The zero-order chi connectivity index (χ0) is 28.8. The summed E-state index contributed by atoms with van der Waals surface area (Å²) in [6.45, 7) is 4.43. The topological polar surface area (TPSA) is 133 Å². The van der Waals surface area contributed by atoms with Gasteiger partial charge < -0.3 is 20.8 Å². The Kier molecular flexibility index (Phi) is 8.59. The fourth-order valence-electron chi connectivity index (χ4n) is 4.71. The molecule has 0 heterocycles. The normalized spacial score (nSPS) is 12.3. The highest BCUT2D eigenvalue weighted by molar-refractivity contribution is 6.23. The Morgan fingerprint density at radius 1 is 0.550 bits per heavy atom. The van der Waals surface area contributed by atoms with Crippen LogP contribution >= 0.6 is 0 Å². The fraction of sp³-hybridized carbons (Fsp3) is 0.188. The molecule has 0 aromatic heterocycles. The number of amides is 2. The van der Waals surface area contributed by atoms with Crippen LogP contribution in [0.3, 0.4) is 0 Å². The van der Waals surface area contributed by atoms with Crippen LogP contribution in [0.25, 0.3) is 10.8 Å². The Morgan fingerprint density at radius 3 is 1.20 bits per heavy atom. The summed E-state index contributed by atoms with van der Waals surface area (Å²) in [6.07, 6.45) is 0. The molecule has 4 aromatic rings. The van der Waals surface area contributed by atoms with Crippen molar-refractivity contribution in [2.75, 3.05) is 13.1 Å². The van der Waals surface area contributed by atoms with Gasteiger partial charge in [0.15, 0.2) is 0 Å². The number of rotatable bonds is 10. The van der Waals surface area contributed by atoms with Crippen molar-refractivity contribution in [2.45, 2.75) is 25.7 Å². The van der Waals surface area contributed by atoms with Crippen LogP contribution in [0.5, 0.6) is 0 Å². The number of fused-ring (bicyclic) bond motifs is 1. The lowest BCUT2D eigenvalue weighted by molar-refractivity contribution is 0.0684. The third-order valence-corrected chi connectivity index (χ3v) is 6.99. The smallest absolute Gasteiger partial charge is 0.336 e. The van der Waals surface area contributed by atoms with E-state index in [1.54, 1.807) is 0 Å². The highest BCUT2D eigenvalue weighted by atomic mass is 16.4. The number of benzene rings is 4. The monoisotopic (exact) mass is 538 g/mol. The van der Waals surface area contributed by atoms with Gasteiger partial charge in [0.1, 0.15) is 0 Å². The van der Waals surface area contributed by atoms with Crippen LogP contribution in [0.2, 0.25) is 0 Å². The van der Waals surface area contributed by atoms with Crippen molar-refractivity contribution in [3.05, 3.63) is 118 Å². The van der Waals surface area contributed by atoms with E-state index in [9.17, 15) is 29.4 Å². The maximum Gasteiger partial charge on any atom is 0.336 e. The molecule has 0 radical (unpaired) electrons. The summed E-state index contributed by atoms with van der Waals surface area (Å²) in [7, 11) is 0. The van der Waals surface area contributed by atoms with Gasteiger partial charge in [-0.15, -0.1) is 0 Å². The zero-order valence-electron chi connectivity index (χ0n) is 22.2. The summed E-state index contributed by atoms with van der Waals surface area (Å²) in [4.78, 5) is 51.1. The van der Waals surface area contributed by atoms with Gasteiger partial charge in [-0.3, -0.25) is 9.59 Å². The Hall–Kier alpha value is -4.98. The molecule has 40 heavy (non-hydrogen) atoms. The zero-order valence-corrected chi connectivity index (χ0v) is 22.2. The molecule has 8 heteroatoms. The molecule has 2 unspecified atom stereocenters. The van der Waals surface area contributed by atoms with Crippen LogP contribution in [0.15, 0.2) is 84.9 Å². The average Bonchev–Trinajstić information content (AvgIpc) is 2.97. The first-order valence-electron chi connectivity index (χ1n) is 12.9. The molecular formula is C32H30N2O6. The molecule has 0 aliphatic heterocycles. The van der Waals surface area contributed by atoms with E-state index in [0.717, 1.165) is 23.3 Å². The molecule has 0 fully saturated rings. The maximum atomic E-state index is 13.4. The summed E-state index contributed by atoms with van der Waals surface area (Å²) in [5.41, 5.74) is 1.45. The van der Waals surface area contributed by atoms with Crippen molar-refractivity contribution in [2.24, 2.45) is 0 Å². The van der Waals surface area contributed by atoms with Gasteiger partial charge in [0.25, 0.3) is 11.8 Å². The van der Waals surface area contributed by atoms with Gasteiger partial charge in [-0.2, -0.15) is 0 Å². The number of carbonyl (C=O) groups is 4. The van der Waals surface area contributed by atoms with E-state index in [1.807, 2.05) is 74.5 Å². The predicted octanol–water partition coefficient (Wildman–Crippen LogP) is 5.30. The Balaban J connectivity index is 1.72. The van der Waals surface area contributed by atoms with E-state index in [-0.39, 0.29) is 58.0 Å². The molecule has 0 saturated carbocycles. The van der Waals surface area contributed by atoms with E-state index in [1.165, 1.54) is 12.1 Å². The third kappa shape index (κ3) is 6.02. The van der Waals surface area contributed by atoms with E-state index in [0.29, 0.717) is 0 Å². The van der Waals surface area contributed by atoms with Gasteiger partial charge in [0.05, 0.1) is 11.1 Å². The van der Waals surface area contributed by atoms with E-state index in [2.05, 4.69) is 10.6 Å². The molecule has 0 aliphatic carbocycles. The van der Waals surface area contributed by atoms with Gasteiger partial charge in [-0.05, 0) is 47.2 Å².